The maximum atomic E-state index is 7.00. The van der Waals surface area contributed by atoms with Gasteiger partial charge in [0.05, 0.1) is 0 Å². The topological polar surface area (TPSA) is 52.5 Å². The molecule has 0 aliphatic carbocycles. The van der Waals surface area contributed by atoms with Gasteiger partial charge in [0.1, 0.15) is 0 Å². The second kappa shape index (κ2) is 29.4. The van der Waals surface area contributed by atoms with Gasteiger partial charge >= 0.3 is 0 Å². The molecule has 3 N–H and O–H groups in total. The van der Waals surface area contributed by atoms with Crippen LogP contribution in [0.25, 0.3) is 0 Å². The summed E-state index contributed by atoms with van der Waals surface area (Å²) in [6.07, 6.45) is 1.17. The molecular formula is C9H24NO2Ti-. The summed E-state index contributed by atoms with van der Waals surface area (Å²) in [5.41, 5.74) is 0. The Morgan fingerprint density at radius 3 is 1.77 bits per heavy atom. The Labute approximate surface area is 97.8 Å². The third-order valence-electron chi connectivity index (χ3n) is 0.938. The van der Waals surface area contributed by atoms with Crippen molar-refractivity contribution in [2.75, 3.05) is 20.8 Å². The van der Waals surface area contributed by atoms with Crippen LogP contribution in [0.1, 0.15) is 27.2 Å². The molecule has 0 spiro atoms. The fraction of sp³-hybridized carbons (Fsp3) is 0.889. The molecule has 0 saturated heterocycles. The summed E-state index contributed by atoms with van der Waals surface area (Å²) >= 11 is 0. The van der Waals surface area contributed by atoms with Crippen molar-refractivity contribution >= 4 is 0 Å². The summed E-state index contributed by atoms with van der Waals surface area (Å²) in [6, 6.07) is 0. The second-order valence-electron chi connectivity index (χ2n) is 2.39. The van der Waals surface area contributed by atoms with E-state index < -0.39 is 0 Å². The van der Waals surface area contributed by atoms with Crippen molar-refractivity contribution in [3.63, 3.8) is 0 Å². The quantitative estimate of drug-likeness (QED) is 0.381. The van der Waals surface area contributed by atoms with Crippen LogP contribution in [-0.4, -0.2) is 31.0 Å². The molecule has 0 atom stereocenters. The summed E-state index contributed by atoms with van der Waals surface area (Å²) in [4.78, 5) is 0. The van der Waals surface area contributed by atoms with Crippen LogP contribution < -0.4 is 5.32 Å². The van der Waals surface area contributed by atoms with E-state index in [-0.39, 0.29) is 21.7 Å². The van der Waals surface area contributed by atoms with Gasteiger partial charge < -0.3 is 15.5 Å². The number of hydrogen-bond donors (Lipinski definition) is 3. The predicted octanol–water partition coefficient (Wildman–Crippen LogP) is 1.02. The third-order valence-corrected chi connectivity index (χ3v) is 0.938. The van der Waals surface area contributed by atoms with Gasteiger partial charge in [0, 0.05) is 35.9 Å². The fourth-order valence-electron chi connectivity index (χ4n) is 0.463. The van der Waals surface area contributed by atoms with Crippen molar-refractivity contribution in [2.24, 2.45) is 5.92 Å². The molecule has 0 bridgehead atoms. The van der Waals surface area contributed by atoms with Gasteiger partial charge in [-0.3, -0.25) is 6.54 Å². The van der Waals surface area contributed by atoms with Crippen molar-refractivity contribution in [3.05, 3.63) is 6.54 Å². The van der Waals surface area contributed by atoms with Crippen molar-refractivity contribution in [1.29, 1.82) is 0 Å². The Hall–Kier alpha value is 0.594. The van der Waals surface area contributed by atoms with Crippen molar-refractivity contribution < 1.29 is 31.9 Å². The van der Waals surface area contributed by atoms with E-state index in [0.717, 1.165) is 26.7 Å². The Morgan fingerprint density at radius 2 is 1.54 bits per heavy atom. The molecular weight excluding hydrogens is 202 g/mol. The molecule has 0 rings (SSSR count). The van der Waals surface area contributed by atoms with E-state index in [9.17, 15) is 0 Å². The molecule has 3 nitrogen and oxygen atoms in total. The number of aliphatic hydroxyl groups is 2. The molecule has 0 unspecified atom stereocenters. The van der Waals surface area contributed by atoms with Gasteiger partial charge in [-0.15, -0.1) is 0 Å². The van der Waals surface area contributed by atoms with Crippen LogP contribution in [0.15, 0.2) is 0 Å². The van der Waals surface area contributed by atoms with Gasteiger partial charge in [0.15, 0.2) is 0 Å². The number of aliphatic hydroxyl groups excluding tert-OH is 2. The zero-order valence-electron chi connectivity index (χ0n) is 9.46. The molecule has 0 aromatic heterocycles. The Kier molecular flexibility index (Phi) is 52.9. The molecule has 0 amide bonds. The zero-order chi connectivity index (χ0) is 10.4. The van der Waals surface area contributed by atoms with E-state index in [0.29, 0.717) is 0 Å². The van der Waals surface area contributed by atoms with Crippen LogP contribution in [0.4, 0.5) is 0 Å². The average Bonchev–Trinajstić information content (AvgIpc) is 2.12. The van der Waals surface area contributed by atoms with Crippen LogP contribution in [0.2, 0.25) is 0 Å². The van der Waals surface area contributed by atoms with E-state index >= 15 is 0 Å². The van der Waals surface area contributed by atoms with E-state index in [1.807, 2.05) is 0 Å². The molecule has 0 fully saturated rings. The van der Waals surface area contributed by atoms with Crippen molar-refractivity contribution in [2.45, 2.75) is 27.2 Å². The van der Waals surface area contributed by atoms with Crippen molar-refractivity contribution in [1.82, 2.24) is 5.32 Å². The molecule has 4 heteroatoms. The summed E-state index contributed by atoms with van der Waals surface area (Å²) in [5.74, 6) is 0.786. The number of nitrogens with one attached hydrogen (secondary N) is 1. The number of hydrogen-bond acceptors (Lipinski definition) is 3. The van der Waals surface area contributed by atoms with Gasteiger partial charge in [0.2, 0.25) is 0 Å². The van der Waals surface area contributed by atoms with Crippen LogP contribution in [0, 0.1) is 12.5 Å². The largest absolute Gasteiger partial charge is 0.470 e. The minimum Gasteiger partial charge on any atom is -0.470 e. The number of rotatable bonds is 4. The van der Waals surface area contributed by atoms with Crippen LogP contribution in [0.3, 0.4) is 0 Å². The molecule has 0 aliphatic heterocycles. The minimum atomic E-state index is 0. The van der Waals surface area contributed by atoms with Crippen molar-refractivity contribution in [3.8, 4) is 0 Å². The van der Waals surface area contributed by atoms with E-state index in [2.05, 4.69) is 32.6 Å². The Morgan fingerprint density at radius 1 is 1.15 bits per heavy atom. The summed E-state index contributed by atoms with van der Waals surface area (Å²) in [6.45, 7) is 9.72. The molecule has 13 heavy (non-hydrogen) atoms. The van der Waals surface area contributed by atoms with E-state index in [1.165, 1.54) is 6.42 Å². The Balaban J connectivity index is -0.0000000712. The minimum absolute atomic E-state index is 0. The molecule has 82 valence electrons. The standard InChI is InChI=1S/C7H16N.2CH4O.Ti/c1-4-8-6-5-7(2)3;2*1-2;/h6-8H,4-5H2,1-3H3;2*2H,1H3;/q-1;;;. The first-order valence-corrected chi connectivity index (χ1v) is 4.21. The first kappa shape index (κ1) is 23.4. The normalized spacial score (nSPS) is 7.38. The summed E-state index contributed by atoms with van der Waals surface area (Å²) < 4.78 is 0. The van der Waals surface area contributed by atoms with Gasteiger partial charge in [-0.1, -0.05) is 26.7 Å². The first-order chi connectivity index (χ1) is 5.77. The maximum Gasteiger partial charge on any atom is 0.0319 e. The SMILES string of the molecule is CCN[CH-]CC(C)C.CO.CO.[Ti]. The van der Waals surface area contributed by atoms with Gasteiger partial charge in [0.25, 0.3) is 0 Å². The van der Waals surface area contributed by atoms with Crippen LogP contribution in [-0.2, 0) is 21.7 Å². The average molecular weight is 226 g/mol. The first-order valence-electron chi connectivity index (χ1n) is 4.21. The van der Waals surface area contributed by atoms with Crippen LogP contribution in [0.5, 0.6) is 0 Å². The predicted molar refractivity (Wildman–Crippen MR) is 53.7 cm³/mol. The van der Waals surface area contributed by atoms with Crippen LogP contribution >= 0.6 is 0 Å². The maximum absolute atomic E-state index is 7.00. The monoisotopic (exact) mass is 226 g/mol. The van der Waals surface area contributed by atoms with Gasteiger partial charge in [-0.25, -0.2) is 0 Å². The van der Waals surface area contributed by atoms with Gasteiger partial charge in [-0.05, 0) is 6.54 Å². The molecule has 0 aliphatic rings. The molecule has 0 aromatic carbocycles. The molecule has 0 heterocycles. The molecule has 0 aromatic rings. The third kappa shape index (κ3) is 45.2. The molecule has 0 radical (unpaired) electrons. The van der Waals surface area contributed by atoms with Gasteiger partial charge in [-0.2, -0.15) is 6.42 Å². The smallest absolute Gasteiger partial charge is 0.0319 e. The van der Waals surface area contributed by atoms with E-state index in [4.69, 9.17) is 10.2 Å². The fourth-order valence-corrected chi connectivity index (χ4v) is 0.463. The van der Waals surface area contributed by atoms with E-state index in [1.54, 1.807) is 0 Å². The zero-order valence-corrected chi connectivity index (χ0v) is 11.0. The second-order valence-corrected chi connectivity index (χ2v) is 2.39. The summed E-state index contributed by atoms with van der Waals surface area (Å²) in [7, 11) is 2.00. The summed E-state index contributed by atoms with van der Waals surface area (Å²) in [5, 5.41) is 17.2. The molecule has 0 saturated carbocycles. The Bertz CT molecular complexity index is 54.9.